The molecule has 4 nitrogen and oxygen atoms in total. The van der Waals surface area contributed by atoms with Crippen molar-refractivity contribution in [2.24, 2.45) is 0 Å². The number of halogens is 1. The van der Waals surface area contributed by atoms with E-state index in [1.165, 1.54) is 37.7 Å². The molecule has 0 bridgehead atoms. The van der Waals surface area contributed by atoms with Gasteiger partial charge in [-0.15, -0.1) is 0 Å². The molecule has 0 aliphatic heterocycles. The van der Waals surface area contributed by atoms with Crippen molar-refractivity contribution in [2.45, 2.75) is 82.8 Å². The molecule has 1 unspecified atom stereocenters. The second-order valence-electron chi connectivity index (χ2n) is 11.0. The maximum Gasteiger partial charge on any atom is 0.307 e. The number of ether oxygens (including phenoxy) is 2. The molecule has 1 fully saturated rings. The van der Waals surface area contributed by atoms with E-state index in [4.69, 9.17) is 21.1 Å². The van der Waals surface area contributed by atoms with Gasteiger partial charge in [0.1, 0.15) is 5.60 Å². The summed E-state index contributed by atoms with van der Waals surface area (Å²) in [6, 6.07) is 25.5. The van der Waals surface area contributed by atoms with Crippen LogP contribution in [0.4, 0.5) is 0 Å². The fourth-order valence-corrected chi connectivity index (χ4v) is 5.58. The van der Waals surface area contributed by atoms with Gasteiger partial charge in [-0.3, -0.25) is 9.59 Å². The Kier molecular flexibility index (Phi) is 8.94. The highest BCUT2D eigenvalue weighted by molar-refractivity contribution is 6.31. The molecule has 0 radical (unpaired) electrons. The van der Waals surface area contributed by atoms with E-state index >= 15 is 0 Å². The minimum absolute atomic E-state index is 0.0654. The molecule has 4 rings (SSSR count). The summed E-state index contributed by atoms with van der Waals surface area (Å²) < 4.78 is 11.8. The van der Waals surface area contributed by atoms with Gasteiger partial charge in [-0.05, 0) is 51.2 Å². The molecular weight excluding hydrogens is 496 g/mol. The Morgan fingerprint density at radius 2 is 1.29 bits per heavy atom. The average Bonchev–Trinajstić information content (AvgIpc) is 2.91. The lowest BCUT2D eigenvalue weighted by molar-refractivity contribution is -0.161. The van der Waals surface area contributed by atoms with Crippen molar-refractivity contribution in [1.29, 1.82) is 0 Å². The van der Waals surface area contributed by atoms with Gasteiger partial charge in [-0.2, -0.15) is 0 Å². The van der Waals surface area contributed by atoms with Crippen LogP contribution < -0.4 is 0 Å². The first kappa shape index (κ1) is 27.9. The molecule has 1 atom stereocenters. The van der Waals surface area contributed by atoms with E-state index in [-0.39, 0.29) is 12.8 Å². The van der Waals surface area contributed by atoms with Gasteiger partial charge in [0.25, 0.3) is 0 Å². The van der Waals surface area contributed by atoms with Gasteiger partial charge in [-0.1, -0.05) is 104 Å². The molecule has 3 aromatic carbocycles. The summed E-state index contributed by atoms with van der Waals surface area (Å²) in [7, 11) is 0. The number of esters is 2. The minimum Gasteiger partial charge on any atom is -0.460 e. The summed E-state index contributed by atoms with van der Waals surface area (Å²) in [5, 5.41) is 0.493. The van der Waals surface area contributed by atoms with Crippen molar-refractivity contribution in [3.8, 4) is 0 Å². The minimum atomic E-state index is -1.28. The molecule has 38 heavy (non-hydrogen) atoms. The van der Waals surface area contributed by atoms with Crippen molar-refractivity contribution < 1.29 is 19.1 Å². The Bertz CT molecular complexity index is 1220. The summed E-state index contributed by atoms with van der Waals surface area (Å²) in [5.41, 5.74) is 1.67. The van der Waals surface area contributed by atoms with Gasteiger partial charge >= 0.3 is 11.9 Å². The molecule has 0 N–H and O–H groups in total. The van der Waals surface area contributed by atoms with Crippen LogP contribution in [-0.4, -0.2) is 17.5 Å². The van der Waals surface area contributed by atoms with Gasteiger partial charge in [-0.25, -0.2) is 0 Å². The normalized spacial score (nSPS) is 15.9. The zero-order valence-electron chi connectivity index (χ0n) is 22.5. The zero-order valence-corrected chi connectivity index (χ0v) is 23.3. The number of rotatable bonds is 8. The van der Waals surface area contributed by atoms with Gasteiger partial charge in [0, 0.05) is 21.7 Å². The highest BCUT2D eigenvalue weighted by atomic mass is 35.5. The number of benzene rings is 3. The molecule has 3 aromatic rings. The Morgan fingerprint density at radius 3 is 1.89 bits per heavy atom. The molecule has 0 amide bonds. The molecule has 0 saturated heterocycles. The first-order chi connectivity index (χ1) is 18.2. The van der Waals surface area contributed by atoms with E-state index in [9.17, 15) is 9.59 Å². The van der Waals surface area contributed by atoms with E-state index in [2.05, 4.69) is 24.3 Å². The Morgan fingerprint density at radius 1 is 0.737 bits per heavy atom. The lowest BCUT2D eigenvalue weighted by atomic mass is 9.78. The second kappa shape index (κ2) is 12.2. The smallest absolute Gasteiger partial charge is 0.307 e. The summed E-state index contributed by atoms with van der Waals surface area (Å²) in [6.45, 7) is 5.41. The second-order valence-corrected chi connectivity index (χ2v) is 11.5. The Balaban J connectivity index is 1.74. The number of hydrogen-bond acceptors (Lipinski definition) is 4. The summed E-state index contributed by atoms with van der Waals surface area (Å²) in [6.07, 6.45) is 6.06. The summed E-state index contributed by atoms with van der Waals surface area (Å²) >= 11 is 6.78. The van der Waals surface area contributed by atoms with Gasteiger partial charge in [0.15, 0.2) is 5.60 Å². The van der Waals surface area contributed by atoms with E-state index in [1.807, 2.05) is 48.5 Å². The van der Waals surface area contributed by atoms with Crippen molar-refractivity contribution in [2.75, 3.05) is 0 Å². The largest absolute Gasteiger partial charge is 0.460 e. The molecule has 1 aliphatic rings. The summed E-state index contributed by atoms with van der Waals surface area (Å²) in [4.78, 5) is 25.7. The van der Waals surface area contributed by atoms with Crippen molar-refractivity contribution in [3.05, 3.63) is 106 Å². The quantitative estimate of drug-likeness (QED) is 0.216. The van der Waals surface area contributed by atoms with Crippen LogP contribution in [0.25, 0.3) is 0 Å². The third kappa shape index (κ3) is 6.66. The standard InChI is InChI=1S/C33H37ClO4/c1-32(2,3)37-30(35)22-23-31(36)38-33(26-14-8-5-9-15-26,28-16-10-11-17-29(28)34)27-20-18-25(19-21-27)24-12-6-4-7-13-24/h5,8-11,14-21,24H,4,6-7,12-13,22-23H2,1-3H3. The fraction of sp³-hybridized carbons (Fsp3) is 0.394. The lowest BCUT2D eigenvalue weighted by Gasteiger charge is -2.36. The van der Waals surface area contributed by atoms with Gasteiger partial charge < -0.3 is 9.47 Å². The predicted molar refractivity (Wildman–Crippen MR) is 151 cm³/mol. The summed E-state index contributed by atoms with van der Waals surface area (Å²) in [5.74, 6) is -0.383. The van der Waals surface area contributed by atoms with Crippen LogP contribution in [0.5, 0.6) is 0 Å². The first-order valence-corrected chi connectivity index (χ1v) is 13.9. The van der Waals surface area contributed by atoms with Crippen molar-refractivity contribution in [3.63, 3.8) is 0 Å². The third-order valence-electron chi connectivity index (χ3n) is 7.05. The maximum atomic E-state index is 13.4. The maximum absolute atomic E-state index is 13.4. The monoisotopic (exact) mass is 532 g/mol. The van der Waals surface area contributed by atoms with Crippen molar-refractivity contribution in [1.82, 2.24) is 0 Å². The highest BCUT2D eigenvalue weighted by Crippen LogP contribution is 2.44. The fourth-order valence-electron chi connectivity index (χ4n) is 5.31. The molecule has 0 aromatic heterocycles. The van der Waals surface area contributed by atoms with Crippen LogP contribution in [0.3, 0.4) is 0 Å². The third-order valence-corrected chi connectivity index (χ3v) is 7.38. The van der Waals surface area contributed by atoms with Gasteiger partial charge in [0.2, 0.25) is 0 Å². The van der Waals surface area contributed by atoms with Gasteiger partial charge in [0.05, 0.1) is 12.8 Å². The van der Waals surface area contributed by atoms with Crippen LogP contribution in [0.2, 0.25) is 5.02 Å². The molecular formula is C33H37ClO4. The van der Waals surface area contributed by atoms with E-state index in [1.54, 1.807) is 26.8 Å². The van der Waals surface area contributed by atoms with Crippen LogP contribution in [0.1, 0.15) is 93.9 Å². The average molecular weight is 533 g/mol. The van der Waals surface area contributed by atoms with Crippen LogP contribution in [0, 0.1) is 0 Å². The number of hydrogen-bond donors (Lipinski definition) is 0. The Hall–Kier alpha value is -3.11. The predicted octanol–water partition coefficient (Wildman–Crippen LogP) is 8.34. The highest BCUT2D eigenvalue weighted by Gasteiger charge is 2.42. The van der Waals surface area contributed by atoms with E-state index < -0.39 is 23.1 Å². The lowest BCUT2D eigenvalue weighted by Crippen LogP contribution is -2.36. The number of carbonyl (C=O) groups is 2. The number of carbonyl (C=O) groups excluding carboxylic acids is 2. The molecule has 1 aliphatic carbocycles. The molecule has 200 valence electrons. The topological polar surface area (TPSA) is 52.6 Å². The molecule has 0 spiro atoms. The SMILES string of the molecule is CC(C)(C)OC(=O)CCC(=O)OC(c1ccccc1)(c1ccc(C2CCCCC2)cc1)c1ccccc1Cl. The van der Waals surface area contributed by atoms with Crippen molar-refractivity contribution >= 4 is 23.5 Å². The Labute approximate surface area is 231 Å². The van der Waals surface area contributed by atoms with Crippen LogP contribution >= 0.6 is 11.6 Å². The van der Waals surface area contributed by atoms with Crippen LogP contribution in [0.15, 0.2) is 78.9 Å². The molecule has 0 heterocycles. The molecule has 1 saturated carbocycles. The van der Waals surface area contributed by atoms with E-state index in [0.29, 0.717) is 16.5 Å². The zero-order chi connectivity index (χ0) is 27.2. The van der Waals surface area contributed by atoms with Crippen LogP contribution in [-0.2, 0) is 24.7 Å². The first-order valence-electron chi connectivity index (χ1n) is 13.5. The van der Waals surface area contributed by atoms with E-state index in [0.717, 1.165) is 11.1 Å². The molecule has 5 heteroatoms.